The Kier molecular flexibility index (Phi) is 3.27. The van der Waals surface area contributed by atoms with Crippen LogP contribution in [0.1, 0.15) is 17.7 Å². The molecule has 0 aliphatic carbocycles. The molecule has 0 spiro atoms. The molecule has 1 aromatic rings. The van der Waals surface area contributed by atoms with Crippen molar-refractivity contribution in [2.75, 3.05) is 0 Å². The third-order valence-corrected chi connectivity index (χ3v) is 2.30. The van der Waals surface area contributed by atoms with Crippen molar-refractivity contribution >= 4 is 15.9 Å². The van der Waals surface area contributed by atoms with Crippen LogP contribution in [0.15, 0.2) is 10.7 Å². The van der Waals surface area contributed by atoms with Crippen molar-refractivity contribution in [3.05, 3.63) is 27.7 Å². The third kappa shape index (κ3) is 2.42. The molecule has 84 valence electrons. The number of halogens is 7. The van der Waals surface area contributed by atoms with Gasteiger partial charge < -0.3 is 0 Å². The van der Waals surface area contributed by atoms with E-state index in [1.54, 1.807) is 0 Å². The Hall–Kier alpha value is -0.790. The molecule has 0 unspecified atom stereocenters. The first-order valence-electron chi connectivity index (χ1n) is 3.44. The summed E-state index contributed by atoms with van der Waals surface area (Å²) >= 11 is 2.27. The molecule has 1 nitrogen and oxygen atoms in total. The second kappa shape index (κ2) is 3.99. The molecule has 0 saturated heterocycles. The molecule has 0 bridgehead atoms. The molecule has 0 N–H and O–H groups in total. The second-order valence-electron chi connectivity index (χ2n) is 2.48. The van der Waals surface area contributed by atoms with Gasteiger partial charge in [-0.1, -0.05) is 0 Å². The number of pyridine rings is 1. The van der Waals surface area contributed by atoms with Crippen molar-refractivity contribution in [3.8, 4) is 0 Å². The Balaban J connectivity index is 3.42. The average Bonchev–Trinajstić information content (AvgIpc) is 2.00. The number of aromatic nitrogens is 1. The largest absolute Gasteiger partial charge is 0.434 e. The third-order valence-electron chi connectivity index (χ3n) is 1.50. The highest BCUT2D eigenvalue weighted by atomic mass is 79.9. The lowest BCUT2D eigenvalue weighted by Gasteiger charge is -2.11. The van der Waals surface area contributed by atoms with Gasteiger partial charge in [0.15, 0.2) is 11.5 Å². The van der Waals surface area contributed by atoms with E-state index in [1.165, 1.54) is 0 Å². The van der Waals surface area contributed by atoms with Crippen LogP contribution >= 0.6 is 15.9 Å². The smallest absolute Gasteiger partial charge is 0.248 e. The Labute approximate surface area is 88.2 Å². The molecule has 0 amide bonds. The van der Waals surface area contributed by atoms with Gasteiger partial charge in [-0.2, -0.15) is 13.2 Å². The summed E-state index contributed by atoms with van der Waals surface area (Å²) in [7, 11) is 0. The van der Waals surface area contributed by atoms with Gasteiger partial charge >= 0.3 is 6.18 Å². The molecule has 0 radical (unpaired) electrons. The lowest BCUT2D eigenvalue weighted by Crippen LogP contribution is -2.11. The van der Waals surface area contributed by atoms with Gasteiger partial charge in [-0.25, -0.2) is 18.2 Å². The topological polar surface area (TPSA) is 12.9 Å². The highest BCUT2D eigenvalue weighted by molar-refractivity contribution is 9.10. The number of nitrogens with zero attached hydrogens (tertiary/aromatic N) is 1. The Bertz CT molecular complexity index is 374. The van der Waals surface area contributed by atoms with Crippen LogP contribution in [0.5, 0.6) is 0 Å². The fraction of sp³-hybridized carbons (Fsp3) is 0.286. The van der Waals surface area contributed by atoms with Crippen LogP contribution in [0.25, 0.3) is 0 Å². The van der Waals surface area contributed by atoms with Gasteiger partial charge in [0.1, 0.15) is 0 Å². The molecule has 8 heteroatoms. The summed E-state index contributed by atoms with van der Waals surface area (Å²) in [6.45, 7) is 0. The predicted octanol–water partition coefficient (Wildman–Crippen LogP) is 3.94. The molecule has 0 aromatic carbocycles. The lowest BCUT2D eigenvalue weighted by atomic mass is 10.2. The van der Waals surface area contributed by atoms with E-state index in [0.29, 0.717) is 0 Å². The Morgan fingerprint density at radius 1 is 1.27 bits per heavy atom. The zero-order valence-electron chi connectivity index (χ0n) is 6.75. The van der Waals surface area contributed by atoms with Crippen LogP contribution in [0.3, 0.4) is 0 Å². The predicted molar refractivity (Wildman–Crippen MR) is 41.9 cm³/mol. The zero-order valence-corrected chi connectivity index (χ0v) is 8.33. The molecular formula is C7H2BrF6N. The van der Waals surface area contributed by atoms with E-state index in [9.17, 15) is 26.3 Å². The van der Waals surface area contributed by atoms with Crippen molar-refractivity contribution < 1.29 is 26.3 Å². The minimum Gasteiger partial charge on any atom is -0.248 e. The van der Waals surface area contributed by atoms with Gasteiger partial charge in [0.25, 0.3) is 6.43 Å². The summed E-state index contributed by atoms with van der Waals surface area (Å²) < 4.78 is 72.5. The maximum atomic E-state index is 12.7. The van der Waals surface area contributed by atoms with Gasteiger partial charge in [-0.3, -0.25) is 0 Å². The molecule has 1 aromatic heterocycles. The van der Waals surface area contributed by atoms with Crippen LogP contribution in [-0.2, 0) is 6.18 Å². The van der Waals surface area contributed by atoms with Crippen molar-refractivity contribution in [3.63, 3.8) is 0 Å². The number of rotatable bonds is 1. The fourth-order valence-corrected chi connectivity index (χ4v) is 1.57. The lowest BCUT2D eigenvalue weighted by molar-refractivity contribution is -0.142. The maximum absolute atomic E-state index is 12.7. The maximum Gasteiger partial charge on any atom is 0.434 e. The summed E-state index contributed by atoms with van der Waals surface area (Å²) in [6.07, 6.45) is -8.13. The number of hydrogen-bond donors (Lipinski definition) is 0. The summed E-state index contributed by atoms with van der Waals surface area (Å²) in [5.74, 6) is -1.48. The second-order valence-corrected chi connectivity index (χ2v) is 3.27. The summed E-state index contributed by atoms with van der Waals surface area (Å²) in [5, 5.41) is 0. The Morgan fingerprint density at radius 2 is 1.80 bits per heavy atom. The van der Waals surface area contributed by atoms with Gasteiger partial charge in [-0.05, 0) is 15.9 Å². The minimum absolute atomic E-state index is 0.120. The van der Waals surface area contributed by atoms with Crippen LogP contribution in [0.2, 0.25) is 0 Å². The van der Waals surface area contributed by atoms with E-state index in [-0.39, 0.29) is 6.20 Å². The molecule has 0 aliphatic rings. The average molecular weight is 294 g/mol. The standard InChI is InChI=1S/C7H2BrF6N/c8-4-3(6(10)11)2(9)1-15-5(4)7(12,13)14/h1,6H. The SMILES string of the molecule is Fc1cnc(C(F)(F)F)c(Br)c1C(F)F. The van der Waals surface area contributed by atoms with E-state index in [1.807, 2.05) is 0 Å². The summed E-state index contributed by atoms with van der Waals surface area (Å²) in [5.41, 5.74) is -2.91. The molecule has 1 rings (SSSR count). The van der Waals surface area contributed by atoms with E-state index in [0.717, 1.165) is 0 Å². The van der Waals surface area contributed by atoms with Crippen LogP contribution < -0.4 is 0 Å². The first-order chi connectivity index (χ1) is 6.75. The van der Waals surface area contributed by atoms with E-state index < -0.39 is 34.1 Å². The van der Waals surface area contributed by atoms with E-state index in [4.69, 9.17) is 0 Å². The highest BCUT2D eigenvalue weighted by Gasteiger charge is 2.37. The highest BCUT2D eigenvalue weighted by Crippen LogP contribution is 2.38. The molecule has 1 heterocycles. The van der Waals surface area contributed by atoms with Crippen molar-refractivity contribution in [2.24, 2.45) is 0 Å². The van der Waals surface area contributed by atoms with E-state index in [2.05, 4.69) is 20.9 Å². The van der Waals surface area contributed by atoms with Gasteiger partial charge in [0.05, 0.1) is 16.2 Å². The van der Waals surface area contributed by atoms with Crippen LogP contribution in [0, 0.1) is 5.82 Å². The van der Waals surface area contributed by atoms with E-state index >= 15 is 0 Å². The Morgan fingerprint density at radius 3 is 2.20 bits per heavy atom. The minimum atomic E-state index is -4.91. The van der Waals surface area contributed by atoms with Crippen molar-refractivity contribution in [2.45, 2.75) is 12.6 Å². The fourth-order valence-electron chi connectivity index (χ4n) is 0.877. The monoisotopic (exact) mass is 293 g/mol. The van der Waals surface area contributed by atoms with Crippen LogP contribution in [0.4, 0.5) is 26.3 Å². The molecule has 0 atom stereocenters. The molecule has 15 heavy (non-hydrogen) atoms. The molecule has 0 fully saturated rings. The van der Waals surface area contributed by atoms with Gasteiger partial charge in [0, 0.05) is 0 Å². The number of hydrogen-bond acceptors (Lipinski definition) is 1. The van der Waals surface area contributed by atoms with Crippen molar-refractivity contribution in [1.82, 2.24) is 4.98 Å². The summed E-state index contributed by atoms with van der Waals surface area (Å²) in [6, 6.07) is 0. The quantitative estimate of drug-likeness (QED) is 0.715. The first-order valence-corrected chi connectivity index (χ1v) is 4.23. The molecule has 0 saturated carbocycles. The first kappa shape index (κ1) is 12.3. The zero-order chi connectivity index (χ0) is 11.8. The normalized spacial score (nSPS) is 12.3. The molecular weight excluding hydrogens is 292 g/mol. The number of alkyl halides is 5. The summed E-state index contributed by atoms with van der Waals surface area (Å²) in [4.78, 5) is 2.71. The molecule has 0 aliphatic heterocycles. The van der Waals surface area contributed by atoms with Gasteiger partial charge in [0.2, 0.25) is 0 Å². The van der Waals surface area contributed by atoms with Gasteiger partial charge in [-0.15, -0.1) is 0 Å². The van der Waals surface area contributed by atoms with Crippen molar-refractivity contribution in [1.29, 1.82) is 0 Å². The van der Waals surface area contributed by atoms with Crippen LogP contribution in [-0.4, -0.2) is 4.98 Å².